The first kappa shape index (κ1) is 14.5. The molecular formula is C16H14N2O3S. The van der Waals surface area contributed by atoms with E-state index in [1.54, 1.807) is 6.07 Å². The zero-order valence-corrected chi connectivity index (χ0v) is 13.0. The Morgan fingerprint density at radius 1 is 1.27 bits per heavy atom. The van der Waals surface area contributed by atoms with Crippen LogP contribution in [0.25, 0.3) is 10.7 Å². The molecule has 0 radical (unpaired) electrons. The summed E-state index contributed by atoms with van der Waals surface area (Å²) in [6, 6.07) is 9.35. The van der Waals surface area contributed by atoms with Gasteiger partial charge in [-0.05, 0) is 42.5 Å². The summed E-state index contributed by atoms with van der Waals surface area (Å²) in [5.74, 6) is 0.395. The number of hydrogen-bond donors (Lipinski definition) is 0. The third-order valence-corrected chi connectivity index (χ3v) is 4.23. The first-order valence-corrected chi connectivity index (χ1v) is 7.63. The minimum atomic E-state index is -0.392. The molecule has 3 rings (SSSR count). The molecule has 0 saturated heterocycles. The summed E-state index contributed by atoms with van der Waals surface area (Å²) in [6.07, 6.45) is 0. The summed E-state index contributed by atoms with van der Waals surface area (Å²) in [5, 5.41) is 5.81. The molecule has 0 atom stereocenters. The average molecular weight is 314 g/mol. The van der Waals surface area contributed by atoms with E-state index in [1.165, 1.54) is 11.3 Å². The van der Waals surface area contributed by atoms with E-state index in [4.69, 9.17) is 9.26 Å². The number of thiophene rings is 1. The van der Waals surface area contributed by atoms with Crippen LogP contribution in [0.1, 0.15) is 27.4 Å². The SMILES string of the molecule is Cc1cccc(C(=O)OCc2nc(-c3cccs3)no2)c1C. The van der Waals surface area contributed by atoms with Crippen molar-refractivity contribution in [1.29, 1.82) is 0 Å². The maximum absolute atomic E-state index is 12.1. The minimum Gasteiger partial charge on any atom is -0.452 e. The second kappa shape index (κ2) is 6.11. The van der Waals surface area contributed by atoms with Gasteiger partial charge >= 0.3 is 5.97 Å². The minimum absolute atomic E-state index is 0.0371. The molecule has 3 aromatic rings. The van der Waals surface area contributed by atoms with Gasteiger partial charge in [0.1, 0.15) is 0 Å². The first-order chi connectivity index (χ1) is 10.6. The molecule has 1 aromatic carbocycles. The molecule has 112 valence electrons. The predicted octanol–water partition coefficient (Wildman–Crippen LogP) is 3.77. The zero-order chi connectivity index (χ0) is 15.5. The molecule has 0 N–H and O–H groups in total. The molecule has 0 saturated carbocycles. The van der Waals surface area contributed by atoms with Crippen LogP contribution in [0.2, 0.25) is 0 Å². The number of benzene rings is 1. The Kier molecular flexibility index (Phi) is 4.02. The molecule has 0 bridgehead atoms. The van der Waals surface area contributed by atoms with Gasteiger partial charge in [-0.15, -0.1) is 11.3 Å². The quantitative estimate of drug-likeness (QED) is 0.686. The van der Waals surface area contributed by atoms with Crippen molar-refractivity contribution < 1.29 is 14.1 Å². The van der Waals surface area contributed by atoms with Crippen LogP contribution in [0.3, 0.4) is 0 Å². The fraction of sp³-hybridized carbons (Fsp3) is 0.188. The smallest absolute Gasteiger partial charge is 0.338 e. The van der Waals surface area contributed by atoms with Gasteiger partial charge in [-0.25, -0.2) is 4.79 Å². The van der Waals surface area contributed by atoms with Crippen molar-refractivity contribution in [2.45, 2.75) is 20.5 Å². The van der Waals surface area contributed by atoms with E-state index in [0.29, 0.717) is 11.4 Å². The van der Waals surface area contributed by atoms with Crippen molar-refractivity contribution in [3.05, 3.63) is 58.3 Å². The van der Waals surface area contributed by atoms with Crippen LogP contribution in [0.4, 0.5) is 0 Å². The van der Waals surface area contributed by atoms with E-state index in [1.807, 2.05) is 43.5 Å². The lowest BCUT2D eigenvalue weighted by Gasteiger charge is -2.07. The van der Waals surface area contributed by atoms with Gasteiger partial charge in [0, 0.05) is 0 Å². The first-order valence-electron chi connectivity index (χ1n) is 6.75. The monoisotopic (exact) mass is 314 g/mol. The number of rotatable bonds is 4. The van der Waals surface area contributed by atoms with Gasteiger partial charge in [0.05, 0.1) is 10.4 Å². The Balaban J connectivity index is 1.68. The van der Waals surface area contributed by atoms with Crippen LogP contribution in [-0.4, -0.2) is 16.1 Å². The van der Waals surface area contributed by atoms with Crippen LogP contribution >= 0.6 is 11.3 Å². The van der Waals surface area contributed by atoms with Crippen LogP contribution in [0.5, 0.6) is 0 Å². The van der Waals surface area contributed by atoms with Crippen molar-refractivity contribution in [3.8, 4) is 10.7 Å². The predicted molar refractivity (Wildman–Crippen MR) is 82.6 cm³/mol. The second-order valence-corrected chi connectivity index (χ2v) is 5.76. The second-order valence-electron chi connectivity index (χ2n) is 4.81. The molecule has 0 unspecified atom stereocenters. The standard InChI is InChI=1S/C16H14N2O3S/c1-10-5-3-6-12(11(10)2)16(19)20-9-14-17-15(18-21-14)13-7-4-8-22-13/h3-8H,9H2,1-2H3. The summed E-state index contributed by atoms with van der Waals surface area (Å²) < 4.78 is 10.3. The fourth-order valence-electron chi connectivity index (χ4n) is 2.00. The molecule has 0 aliphatic rings. The van der Waals surface area contributed by atoms with Crippen LogP contribution < -0.4 is 0 Å². The maximum atomic E-state index is 12.1. The van der Waals surface area contributed by atoms with Gasteiger partial charge in [-0.3, -0.25) is 0 Å². The average Bonchev–Trinajstić information content (AvgIpc) is 3.18. The number of esters is 1. The molecule has 2 heterocycles. The lowest BCUT2D eigenvalue weighted by Crippen LogP contribution is -2.08. The Bertz CT molecular complexity index is 794. The molecule has 0 aliphatic carbocycles. The molecule has 2 aromatic heterocycles. The van der Waals surface area contributed by atoms with Gasteiger partial charge in [0.2, 0.25) is 5.82 Å². The number of aromatic nitrogens is 2. The van der Waals surface area contributed by atoms with Crippen molar-refractivity contribution in [2.75, 3.05) is 0 Å². The highest BCUT2D eigenvalue weighted by atomic mass is 32.1. The molecule has 6 heteroatoms. The highest BCUT2D eigenvalue weighted by Crippen LogP contribution is 2.21. The van der Waals surface area contributed by atoms with E-state index >= 15 is 0 Å². The number of carbonyl (C=O) groups excluding carboxylic acids is 1. The number of nitrogens with zero attached hydrogens (tertiary/aromatic N) is 2. The molecule has 0 fully saturated rings. The lowest BCUT2D eigenvalue weighted by atomic mass is 10.0. The van der Waals surface area contributed by atoms with Gasteiger partial charge < -0.3 is 9.26 Å². The Hall–Kier alpha value is -2.47. The van der Waals surface area contributed by atoms with Crippen LogP contribution in [-0.2, 0) is 11.3 Å². The summed E-state index contributed by atoms with van der Waals surface area (Å²) in [6.45, 7) is 3.82. The van der Waals surface area contributed by atoms with Crippen LogP contribution in [0.15, 0.2) is 40.2 Å². The number of carbonyl (C=O) groups is 1. The van der Waals surface area contributed by atoms with Gasteiger partial charge in [0.25, 0.3) is 5.89 Å². The Labute approximate surface area is 131 Å². The van der Waals surface area contributed by atoms with Crippen LogP contribution in [0, 0.1) is 13.8 Å². The highest BCUT2D eigenvalue weighted by molar-refractivity contribution is 7.13. The number of aryl methyl sites for hydroxylation is 1. The largest absolute Gasteiger partial charge is 0.452 e. The zero-order valence-electron chi connectivity index (χ0n) is 12.2. The molecule has 0 aliphatic heterocycles. The fourth-order valence-corrected chi connectivity index (χ4v) is 2.65. The van der Waals surface area contributed by atoms with Gasteiger partial charge in [-0.1, -0.05) is 23.4 Å². The van der Waals surface area contributed by atoms with Crippen molar-refractivity contribution in [3.63, 3.8) is 0 Å². The van der Waals surface area contributed by atoms with E-state index in [-0.39, 0.29) is 12.5 Å². The molecule has 0 spiro atoms. The van der Waals surface area contributed by atoms with Gasteiger partial charge in [-0.2, -0.15) is 4.98 Å². The third-order valence-electron chi connectivity index (χ3n) is 3.36. The summed E-state index contributed by atoms with van der Waals surface area (Å²) in [5.41, 5.74) is 2.52. The van der Waals surface area contributed by atoms with E-state index in [0.717, 1.165) is 16.0 Å². The van der Waals surface area contributed by atoms with Crippen molar-refractivity contribution in [1.82, 2.24) is 10.1 Å². The third kappa shape index (κ3) is 2.92. The maximum Gasteiger partial charge on any atom is 0.338 e. The van der Waals surface area contributed by atoms with E-state index in [2.05, 4.69) is 10.1 Å². The highest BCUT2D eigenvalue weighted by Gasteiger charge is 2.15. The molecule has 22 heavy (non-hydrogen) atoms. The number of hydrogen-bond acceptors (Lipinski definition) is 6. The van der Waals surface area contributed by atoms with Crippen molar-refractivity contribution in [2.24, 2.45) is 0 Å². The Morgan fingerprint density at radius 3 is 2.91 bits per heavy atom. The van der Waals surface area contributed by atoms with E-state index in [9.17, 15) is 4.79 Å². The summed E-state index contributed by atoms with van der Waals surface area (Å²) in [4.78, 5) is 17.2. The van der Waals surface area contributed by atoms with E-state index < -0.39 is 5.97 Å². The van der Waals surface area contributed by atoms with Crippen molar-refractivity contribution >= 4 is 17.3 Å². The Morgan fingerprint density at radius 2 is 2.14 bits per heavy atom. The topological polar surface area (TPSA) is 65.2 Å². The summed E-state index contributed by atoms with van der Waals surface area (Å²) >= 11 is 1.52. The summed E-state index contributed by atoms with van der Waals surface area (Å²) in [7, 11) is 0. The van der Waals surface area contributed by atoms with Gasteiger partial charge in [0.15, 0.2) is 6.61 Å². The normalized spacial score (nSPS) is 10.6. The number of ether oxygens (including phenoxy) is 1. The molecular weight excluding hydrogens is 300 g/mol. The molecule has 5 nitrogen and oxygen atoms in total. The molecule has 0 amide bonds. The lowest BCUT2D eigenvalue weighted by molar-refractivity contribution is 0.0429.